The highest BCUT2D eigenvalue weighted by Crippen LogP contribution is 2.28. The van der Waals surface area contributed by atoms with Crippen LogP contribution in [0.4, 0.5) is 10.2 Å². The molecule has 0 spiro atoms. The molecule has 0 aliphatic carbocycles. The molecule has 2 aromatic heterocycles. The Morgan fingerprint density at radius 1 is 1.13 bits per heavy atom. The highest BCUT2D eigenvalue weighted by Gasteiger charge is 2.19. The van der Waals surface area contributed by atoms with Gasteiger partial charge in [-0.15, -0.1) is 10.2 Å². The number of nitrogens with two attached hydrogens (primary N) is 1. The number of anilines is 1. The number of hydrogen-bond donors (Lipinski definition) is 2. The average Bonchev–Trinajstić information content (AvgIpc) is 3.07. The van der Waals surface area contributed by atoms with E-state index >= 15 is 0 Å². The minimum Gasteiger partial charge on any atom is -0.364 e. The molecule has 8 nitrogen and oxygen atoms in total. The SMILES string of the molecule is CCc1nnc(-n2c(C)cc3c(S(N)(=O)=O)cccc32)nc1NCc1cccc(F)c1. The van der Waals surface area contributed by atoms with Crippen molar-refractivity contribution in [1.29, 1.82) is 0 Å². The summed E-state index contributed by atoms with van der Waals surface area (Å²) in [4.78, 5) is 4.67. The molecular formula is C21H21FN6O2S. The molecule has 0 radical (unpaired) electrons. The molecule has 0 atom stereocenters. The van der Waals surface area contributed by atoms with Crippen molar-refractivity contribution in [3.8, 4) is 5.95 Å². The van der Waals surface area contributed by atoms with Gasteiger partial charge < -0.3 is 5.32 Å². The second-order valence-electron chi connectivity index (χ2n) is 7.10. The first kappa shape index (κ1) is 20.9. The molecule has 4 rings (SSSR count). The maximum atomic E-state index is 13.5. The van der Waals surface area contributed by atoms with Crippen LogP contribution in [0.2, 0.25) is 0 Å². The Balaban J connectivity index is 1.78. The van der Waals surface area contributed by atoms with Crippen LogP contribution in [0.5, 0.6) is 0 Å². The minimum atomic E-state index is -3.89. The van der Waals surface area contributed by atoms with E-state index in [-0.39, 0.29) is 16.7 Å². The molecule has 2 heterocycles. The van der Waals surface area contributed by atoms with E-state index < -0.39 is 10.0 Å². The van der Waals surface area contributed by atoms with Crippen molar-refractivity contribution in [2.75, 3.05) is 5.32 Å². The molecule has 0 saturated heterocycles. The highest BCUT2D eigenvalue weighted by molar-refractivity contribution is 7.89. The van der Waals surface area contributed by atoms with E-state index in [0.29, 0.717) is 35.4 Å². The van der Waals surface area contributed by atoms with Crippen molar-refractivity contribution >= 4 is 26.7 Å². The van der Waals surface area contributed by atoms with E-state index in [1.807, 2.05) is 19.9 Å². The Hall–Kier alpha value is -3.37. The van der Waals surface area contributed by atoms with Crippen molar-refractivity contribution in [3.05, 3.63) is 71.3 Å². The number of benzene rings is 2. The van der Waals surface area contributed by atoms with Crippen LogP contribution < -0.4 is 10.5 Å². The lowest BCUT2D eigenvalue weighted by molar-refractivity contribution is 0.598. The molecule has 10 heteroatoms. The van der Waals surface area contributed by atoms with Gasteiger partial charge in [-0.2, -0.15) is 4.98 Å². The number of primary sulfonamides is 1. The first-order valence-electron chi connectivity index (χ1n) is 9.64. The van der Waals surface area contributed by atoms with Crippen molar-refractivity contribution in [2.45, 2.75) is 31.7 Å². The van der Waals surface area contributed by atoms with Gasteiger partial charge in [0.05, 0.1) is 10.4 Å². The summed E-state index contributed by atoms with van der Waals surface area (Å²) in [7, 11) is -3.89. The van der Waals surface area contributed by atoms with E-state index in [0.717, 1.165) is 11.3 Å². The van der Waals surface area contributed by atoms with Gasteiger partial charge in [-0.1, -0.05) is 25.1 Å². The van der Waals surface area contributed by atoms with Gasteiger partial charge >= 0.3 is 0 Å². The summed E-state index contributed by atoms with van der Waals surface area (Å²) in [6.07, 6.45) is 0.604. The standard InChI is InChI=1S/C21H21FN6O2S/c1-3-17-20(24-12-14-6-4-7-15(22)11-14)25-21(27-26-17)28-13(2)10-16-18(28)8-5-9-19(16)31(23,29)30/h4-11H,3,12H2,1-2H3,(H2,23,29,30)(H,24,25,27). The van der Waals surface area contributed by atoms with Crippen LogP contribution in [0.1, 0.15) is 23.9 Å². The van der Waals surface area contributed by atoms with Gasteiger partial charge in [-0.3, -0.25) is 4.57 Å². The zero-order chi connectivity index (χ0) is 22.2. The number of hydrogen-bond acceptors (Lipinski definition) is 6. The molecule has 160 valence electrons. The normalized spacial score (nSPS) is 11.7. The maximum Gasteiger partial charge on any atom is 0.256 e. The molecule has 2 aromatic carbocycles. The molecule has 4 aromatic rings. The van der Waals surface area contributed by atoms with Gasteiger partial charge in [-0.25, -0.2) is 17.9 Å². The second kappa shape index (κ2) is 8.05. The van der Waals surface area contributed by atoms with Crippen LogP contribution in [-0.4, -0.2) is 28.2 Å². The molecule has 0 amide bonds. The van der Waals surface area contributed by atoms with Gasteiger partial charge in [0.1, 0.15) is 11.5 Å². The quantitative estimate of drug-likeness (QED) is 0.476. The lowest BCUT2D eigenvalue weighted by atomic mass is 10.2. The van der Waals surface area contributed by atoms with E-state index in [4.69, 9.17) is 5.14 Å². The van der Waals surface area contributed by atoms with Crippen LogP contribution in [0, 0.1) is 12.7 Å². The molecule has 0 saturated carbocycles. The average molecular weight is 441 g/mol. The van der Waals surface area contributed by atoms with Crippen LogP contribution in [0.25, 0.3) is 16.9 Å². The number of halogens is 1. The zero-order valence-corrected chi connectivity index (χ0v) is 17.8. The number of sulfonamides is 1. The fourth-order valence-electron chi connectivity index (χ4n) is 3.50. The summed E-state index contributed by atoms with van der Waals surface area (Å²) in [6.45, 7) is 4.13. The van der Waals surface area contributed by atoms with Gasteiger partial charge in [0, 0.05) is 17.6 Å². The summed E-state index contributed by atoms with van der Waals surface area (Å²) in [5, 5.41) is 17.6. The van der Waals surface area contributed by atoms with Crippen molar-refractivity contribution in [3.63, 3.8) is 0 Å². The van der Waals surface area contributed by atoms with Gasteiger partial charge in [-0.05, 0) is 49.2 Å². The van der Waals surface area contributed by atoms with Crippen molar-refractivity contribution in [2.24, 2.45) is 5.14 Å². The second-order valence-corrected chi connectivity index (χ2v) is 8.63. The summed E-state index contributed by atoms with van der Waals surface area (Å²) in [6, 6.07) is 12.9. The molecule has 0 bridgehead atoms. The van der Waals surface area contributed by atoms with Gasteiger partial charge in [0.25, 0.3) is 5.95 Å². The third-order valence-electron chi connectivity index (χ3n) is 4.93. The lowest BCUT2D eigenvalue weighted by Crippen LogP contribution is -2.13. The summed E-state index contributed by atoms with van der Waals surface area (Å²) in [5.74, 6) is 0.509. The van der Waals surface area contributed by atoms with Crippen LogP contribution >= 0.6 is 0 Å². The van der Waals surface area contributed by atoms with E-state index in [1.165, 1.54) is 18.2 Å². The number of fused-ring (bicyclic) bond motifs is 1. The molecule has 0 aliphatic heterocycles. The highest BCUT2D eigenvalue weighted by atomic mass is 32.2. The largest absolute Gasteiger partial charge is 0.364 e. The van der Waals surface area contributed by atoms with Crippen LogP contribution in [0.15, 0.2) is 53.4 Å². The predicted octanol–water partition coefficient (Wildman–Crippen LogP) is 3.08. The summed E-state index contributed by atoms with van der Waals surface area (Å²) in [5.41, 5.74) is 2.77. The number of rotatable bonds is 6. The van der Waals surface area contributed by atoms with E-state index in [2.05, 4.69) is 20.5 Å². The molecular weight excluding hydrogens is 419 g/mol. The third-order valence-corrected chi connectivity index (χ3v) is 5.89. The lowest BCUT2D eigenvalue weighted by Gasteiger charge is -2.12. The van der Waals surface area contributed by atoms with Crippen LogP contribution in [0.3, 0.4) is 0 Å². The number of aryl methyl sites for hydroxylation is 2. The first-order valence-corrected chi connectivity index (χ1v) is 11.2. The number of nitrogens with one attached hydrogen (secondary N) is 1. The fourth-order valence-corrected chi connectivity index (χ4v) is 4.23. The third kappa shape index (κ3) is 4.12. The fraction of sp³-hybridized carbons (Fsp3) is 0.190. The summed E-state index contributed by atoms with van der Waals surface area (Å²) >= 11 is 0. The number of aromatic nitrogens is 4. The molecule has 31 heavy (non-hydrogen) atoms. The van der Waals surface area contributed by atoms with Crippen molar-refractivity contribution in [1.82, 2.24) is 19.7 Å². The monoisotopic (exact) mass is 440 g/mol. The minimum absolute atomic E-state index is 0.0365. The van der Waals surface area contributed by atoms with Gasteiger partial charge in [0.15, 0.2) is 5.82 Å². The Morgan fingerprint density at radius 2 is 1.90 bits per heavy atom. The summed E-state index contributed by atoms with van der Waals surface area (Å²) < 4.78 is 39.2. The van der Waals surface area contributed by atoms with E-state index in [1.54, 1.807) is 28.8 Å². The molecule has 3 N–H and O–H groups in total. The Labute approximate surface area is 179 Å². The van der Waals surface area contributed by atoms with Gasteiger partial charge in [0.2, 0.25) is 10.0 Å². The Bertz CT molecular complexity index is 1380. The first-order chi connectivity index (χ1) is 14.8. The van der Waals surface area contributed by atoms with Crippen molar-refractivity contribution < 1.29 is 12.8 Å². The van der Waals surface area contributed by atoms with E-state index in [9.17, 15) is 12.8 Å². The Kier molecular flexibility index (Phi) is 5.42. The zero-order valence-electron chi connectivity index (χ0n) is 17.0. The Morgan fingerprint density at radius 3 is 2.61 bits per heavy atom. The molecule has 0 fully saturated rings. The van der Waals surface area contributed by atoms with Crippen LogP contribution in [-0.2, 0) is 23.0 Å². The smallest absolute Gasteiger partial charge is 0.256 e. The number of nitrogens with zero attached hydrogens (tertiary/aromatic N) is 4. The molecule has 0 aliphatic rings. The maximum absolute atomic E-state index is 13.5. The predicted molar refractivity (Wildman–Crippen MR) is 116 cm³/mol. The topological polar surface area (TPSA) is 116 Å². The molecule has 0 unspecified atom stereocenters.